The van der Waals surface area contributed by atoms with Gasteiger partial charge in [-0.15, -0.1) is 0 Å². The van der Waals surface area contributed by atoms with E-state index >= 15 is 0 Å². The summed E-state index contributed by atoms with van der Waals surface area (Å²) in [6, 6.07) is 15.0. The highest BCUT2D eigenvalue weighted by atomic mass is 16.5. The van der Waals surface area contributed by atoms with Crippen LogP contribution in [0.2, 0.25) is 0 Å². The summed E-state index contributed by atoms with van der Waals surface area (Å²) in [6.45, 7) is 5.98. The molecule has 0 fully saturated rings. The highest BCUT2D eigenvalue weighted by Gasteiger charge is 1.98. The van der Waals surface area contributed by atoms with Crippen LogP contribution in [-0.4, -0.2) is 32.3 Å². The van der Waals surface area contributed by atoms with Crippen molar-refractivity contribution in [3.63, 3.8) is 0 Å². The number of rotatable bonds is 10. The smallest absolute Gasteiger partial charge is 0.244 e. The van der Waals surface area contributed by atoms with Gasteiger partial charge in [-0.05, 0) is 61.9 Å². The van der Waals surface area contributed by atoms with Gasteiger partial charge in [-0.1, -0.05) is 12.1 Å². The third-order valence-electron chi connectivity index (χ3n) is 3.42. The number of hydrogen-bond acceptors (Lipinski definition) is 4. The lowest BCUT2D eigenvalue weighted by molar-refractivity contribution is -0.116. The first kappa shape index (κ1) is 19.4. The molecule has 1 amide bonds. The number of ether oxygens (including phenoxy) is 3. The molecule has 0 aliphatic rings. The van der Waals surface area contributed by atoms with E-state index in [-0.39, 0.29) is 5.91 Å². The third kappa shape index (κ3) is 6.89. The molecule has 0 aliphatic carbocycles. The number of amides is 1. The van der Waals surface area contributed by atoms with E-state index in [0.29, 0.717) is 26.4 Å². The predicted octanol–water partition coefficient (Wildman–Crippen LogP) is 3.69. The minimum absolute atomic E-state index is 0.158. The molecule has 0 saturated heterocycles. The van der Waals surface area contributed by atoms with Crippen LogP contribution in [-0.2, 0) is 4.79 Å². The second-order valence-corrected chi connectivity index (χ2v) is 5.38. The molecule has 0 bridgehead atoms. The summed E-state index contributed by atoms with van der Waals surface area (Å²) in [4.78, 5) is 11.8. The van der Waals surface area contributed by atoms with Gasteiger partial charge >= 0.3 is 0 Å². The SMILES string of the molecule is CCOc1ccc(/C=C/C(=O)NCCOc2ccc(OCC)cc2)cc1. The Kier molecular flexibility index (Phi) is 8.06. The molecule has 0 saturated carbocycles. The Morgan fingerprint density at radius 1 is 0.846 bits per heavy atom. The van der Waals surface area contributed by atoms with Crippen LogP contribution in [0.15, 0.2) is 54.6 Å². The quantitative estimate of drug-likeness (QED) is 0.522. The molecule has 2 rings (SSSR count). The minimum Gasteiger partial charge on any atom is -0.494 e. The van der Waals surface area contributed by atoms with E-state index in [2.05, 4.69) is 5.32 Å². The maximum Gasteiger partial charge on any atom is 0.244 e. The molecule has 5 nitrogen and oxygen atoms in total. The van der Waals surface area contributed by atoms with Gasteiger partial charge in [0, 0.05) is 6.08 Å². The maximum atomic E-state index is 11.8. The van der Waals surface area contributed by atoms with E-state index < -0.39 is 0 Å². The zero-order chi connectivity index (χ0) is 18.6. The zero-order valence-corrected chi connectivity index (χ0v) is 15.2. The highest BCUT2D eigenvalue weighted by Crippen LogP contribution is 2.17. The molecule has 0 spiro atoms. The number of carbonyl (C=O) groups excluding carboxylic acids is 1. The van der Waals surface area contributed by atoms with Crippen molar-refractivity contribution in [2.75, 3.05) is 26.4 Å². The number of benzene rings is 2. The molecule has 0 radical (unpaired) electrons. The maximum absolute atomic E-state index is 11.8. The van der Waals surface area contributed by atoms with Gasteiger partial charge in [0.25, 0.3) is 0 Å². The fraction of sp³-hybridized carbons (Fsp3) is 0.286. The first-order valence-electron chi connectivity index (χ1n) is 8.75. The summed E-state index contributed by atoms with van der Waals surface area (Å²) in [7, 11) is 0. The van der Waals surface area contributed by atoms with Crippen LogP contribution >= 0.6 is 0 Å². The minimum atomic E-state index is -0.158. The zero-order valence-electron chi connectivity index (χ0n) is 15.2. The lowest BCUT2D eigenvalue weighted by atomic mass is 10.2. The van der Waals surface area contributed by atoms with Crippen molar-refractivity contribution in [1.29, 1.82) is 0 Å². The summed E-state index contributed by atoms with van der Waals surface area (Å²) >= 11 is 0. The van der Waals surface area contributed by atoms with Crippen LogP contribution in [0.1, 0.15) is 19.4 Å². The van der Waals surface area contributed by atoms with Crippen molar-refractivity contribution in [2.24, 2.45) is 0 Å². The van der Waals surface area contributed by atoms with Crippen LogP contribution in [0.5, 0.6) is 17.2 Å². The second-order valence-electron chi connectivity index (χ2n) is 5.38. The standard InChI is InChI=1S/C21H25NO4/c1-3-24-18-8-5-17(6-9-18)7-14-21(23)22-15-16-26-20-12-10-19(11-13-20)25-4-2/h5-14H,3-4,15-16H2,1-2H3,(H,22,23)/b14-7+. The molecule has 0 heterocycles. The van der Waals surface area contributed by atoms with Crippen molar-refractivity contribution in [2.45, 2.75) is 13.8 Å². The fourth-order valence-corrected chi connectivity index (χ4v) is 2.21. The summed E-state index contributed by atoms with van der Waals surface area (Å²) in [5.41, 5.74) is 0.939. The van der Waals surface area contributed by atoms with Crippen LogP contribution < -0.4 is 19.5 Å². The Balaban J connectivity index is 1.68. The van der Waals surface area contributed by atoms with Gasteiger partial charge in [0.15, 0.2) is 0 Å². The Labute approximate surface area is 154 Å². The van der Waals surface area contributed by atoms with Crippen LogP contribution in [0, 0.1) is 0 Å². The molecule has 0 aliphatic heterocycles. The second kappa shape index (κ2) is 10.8. The van der Waals surface area contributed by atoms with Gasteiger partial charge in [0.05, 0.1) is 19.8 Å². The van der Waals surface area contributed by atoms with E-state index in [1.165, 1.54) is 6.08 Å². The summed E-state index contributed by atoms with van der Waals surface area (Å²) in [5, 5.41) is 2.79. The van der Waals surface area contributed by atoms with Gasteiger partial charge < -0.3 is 19.5 Å². The number of carbonyl (C=O) groups is 1. The lowest BCUT2D eigenvalue weighted by Crippen LogP contribution is -2.26. The topological polar surface area (TPSA) is 56.8 Å². The lowest BCUT2D eigenvalue weighted by Gasteiger charge is -2.08. The molecule has 0 unspecified atom stereocenters. The van der Waals surface area contributed by atoms with Gasteiger partial charge in [0.1, 0.15) is 23.9 Å². The van der Waals surface area contributed by atoms with Gasteiger partial charge in [0.2, 0.25) is 5.91 Å². The average molecular weight is 355 g/mol. The van der Waals surface area contributed by atoms with Gasteiger partial charge in [-0.25, -0.2) is 0 Å². The predicted molar refractivity (Wildman–Crippen MR) is 103 cm³/mol. The Hall–Kier alpha value is -2.95. The van der Waals surface area contributed by atoms with E-state index in [9.17, 15) is 4.79 Å². The van der Waals surface area contributed by atoms with Crippen LogP contribution in [0.4, 0.5) is 0 Å². The molecule has 2 aromatic rings. The van der Waals surface area contributed by atoms with E-state index in [1.807, 2.05) is 62.4 Å². The fourth-order valence-electron chi connectivity index (χ4n) is 2.21. The third-order valence-corrected chi connectivity index (χ3v) is 3.42. The van der Waals surface area contributed by atoms with Crippen molar-refractivity contribution >= 4 is 12.0 Å². The van der Waals surface area contributed by atoms with Gasteiger partial charge in [-0.3, -0.25) is 4.79 Å². The molecular weight excluding hydrogens is 330 g/mol. The Bertz CT molecular complexity index is 693. The van der Waals surface area contributed by atoms with Gasteiger partial charge in [-0.2, -0.15) is 0 Å². The molecule has 0 atom stereocenters. The van der Waals surface area contributed by atoms with Crippen molar-refractivity contribution in [3.8, 4) is 17.2 Å². The van der Waals surface area contributed by atoms with Crippen LogP contribution in [0.25, 0.3) is 6.08 Å². The average Bonchev–Trinajstić information content (AvgIpc) is 2.66. The van der Waals surface area contributed by atoms with E-state index in [1.54, 1.807) is 6.08 Å². The molecule has 1 N–H and O–H groups in total. The largest absolute Gasteiger partial charge is 0.494 e. The Morgan fingerprint density at radius 3 is 1.88 bits per heavy atom. The molecular formula is C21H25NO4. The first-order chi connectivity index (χ1) is 12.7. The van der Waals surface area contributed by atoms with Crippen molar-refractivity contribution < 1.29 is 19.0 Å². The molecule has 26 heavy (non-hydrogen) atoms. The normalized spacial score (nSPS) is 10.5. The molecule has 2 aromatic carbocycles. The summed E-state index contributed by atoms with van der Waals surface area (Å²) in [6.07, 6.45) is 3.27. The Morgan fingerprint density at radius 2 is 1.35 bits per heavy atom. The number of hydrogen-bond donors (Lipinski definition) is 1. The summed E-state index contributed by atoms with van der Waals surface area (Å²) < 4.78 is 16.3. The highest BCUT2D eigenvalue weighted by molar-refractivity contribution is 5.91. The monoisotopic (exact) mass is 355 g/mol. The van der Waals surface area contributed by atoms with E-state index in [0.717, 1.165) is 22.8 Å². The summed E-state index contributed by atoms with van der Waals surface area (Å²) in [5.74, 6) is 2.22. The van der Waals surface area contributed by atoms with Crippen LogP contribution in [0.3, 0.4) is 0 Å². The molecule has 138 valence electrons. The molecule has 0 aromatic heterocycles. The molecule has 5 heteroatoms. The van der Waals surface area contributed by atoms with Crippen molar-refractivity contribution in [3.05, 3.63) is 60.2 Å². The number of nitrogens with one attached hydrogen (secondary N) is 1. The first-order valence-corrected chi connectivity index (χ1v) is 8.75. The van der Waals surface area contributed by atoms with Crippen molar-refractivity contribution in [1.82, 2.24) is 5.32 Å². The van der Waals surface area contributed by atoms with E-state index in [4.69, 9.17) is 14.2 Å².